The number of nitrogens with zero attached hydrogens (tertiary/aromatic N) is 1. The molecule has 5 rings (SSSR count). The molecule has 174 valence electrons. The molecule has 1 aromatic carbocycles. The lowest BCUT2D eigenvalue weighted by Gasteiger charge is -2.37. The summed E-state index contributed by atoms with van der Waals surface area (Å²) >= 11 is 0. The Morgan fingerprint density at radius 1 is 1.03 bits per heavy atom. The molecule has 1 saturated heterocycles. The molecule has 4 nitrogen and oxygen atoms in total. The number of halogens is 1. The summed E-state index contributed by atoms with van der Waals surface area (Å²) in [4.78, 5) is 15.1. The van der Waals surface area contributed by atoms with Crippen LogP contribution in [0, 0.1) is 11.7 Å². The lowest BCUT2D eigenvalue weighted by Crippen LogP contribution is -2.39. The third kappa shape index (κ3) is 5.30. The van der Waals surface area contributed by atoms with E-state index in [1.807, 2.05) is 12.3 Å². The predicted molar refractivity (Wildman–Crippen MR) is 128 cm³/mol. The van der Waals surface area contributed by atoms with Crippen LogP contribution in [-0.4, -0.2) is 29.9 Å². The molecule has 1 N–H and O–H groups in total. The van der Waals surface area contributed by atoms with Gasteiger partial charge in [0, 0.05) is 28.8 Å². The Bertz CT molecular complexity index is 1020. The maximum atomic E-state index is 13.1. The number of benzene rings is 1. The summed E-state index contributed by atoms with van der Waals surface area (Å²) in [7, 11) is 0. The Morgan fingerprint density at radius 2 is 1.85 bits per heavy atom. The first-order valence-electron chi connectivity index (χ1n) is 12.4. The average molecular weight is 449 g/mol. The molecular formula is C28H33FN2O2. The van der Waals surface area contributed by atoms with Gasteiger partial charge in [0.05, 0.1) is 6.26 Å². The van der Waals surface area contributed by atoms with Crippen LogP contribution in [-0.2, 0) is 0 Å². The number of piperidine rings is 1. The van der Waals surface area contributed by atoms with Crippen molar-refractivity contribution in [1.29, 1.82) is 0 Å². The number of hydrogen-bond acceptors (Lipinski definition) is 3. The first-order chi connectivity index (χ1) is 16.2. The molecule has 2 fully saturated rings. The largest absolute Gasteiger partial charge is 0.464 e. The van der Waals surface area contributed by atoms with Gasteiger partial charge in [-0.15, -0.1) is 0 Å². The number of rotatable bonds is 6. The van der Waals surface area contributed by atoms with Gasteiger partial charge in [-0.25, -0.2) is 4.39 Å². The second-order valence-electron chi connectivity index (χ2n) is 9.76. The van der Waals surface area contributed by atoms with Crippen molar-refractivity contribution < 1.29 is 13.6 Å². The van der Waals surface area contributed by atoms with Crippen LogP contribution in [0.3, 0.4) is 0 Å². The molecule has 5 heteroatoms. The lowest BCUT2D eigenvalue weighted by atomic mass is 9.83. The second kappa shape index (κ2) is 10.1. The van der Waals surface area contributed by atoms with E-state index in [2.05, 4.69) is 28.4 Å². The van der Waals surface area contributed by atoms with Crippen molar-refractivity contribution in [3.8, 4) is 11.3 Å². The maximum Gasteiger partial charge on any atom is 0.251 e. The van der Waals surface area contributed by atoms with Gasteiger partial charge in [-0.1, -0.05) is 18.6 Å². The smallest absolute Gasteiger partial charge is 0.251 e. The summed E-state index contributed by atoms with van der Waals surface area (Å²) < 4.78 is 19.0. The van der Waals surface area contributed by atoms with Gasteiger partial charge in [0.2, 0.25) is 0 Å². The van der Waals surface area contributed by atoms with Gasteiger partial charge in [0.1, 0.15) is 11.6 Å². The van der Waals surface area contributed by atoms with E-state index < -0.39 is 0 Å². The summed E-state index contributed by atoms with van der Waals surface area (Å²) in [5.41, 5.74) is 3.03. The Balaban J connectivity index is 1.11. The van der Waals surface area contributed by atoms with Crippen LogP contribution < -0.4 is 5.32 Å². The van der Waals surface area contributed by atoms with Crippen molar-refractivity contribution in [2.24, 2.45) is 5.92 Å². The topological polar surface area (TPSA) is 45.5 Å². The SMILES string of the molecule is O=C(NC1CCC(CCN2CCCCC2c2coc3cccc-3c2)CC1)c1ccc(F)cc1. The van der Waals surface area contributed by atoms with Crippen LogP contribution in [0.5, 0.6) is 0 Å². The second-order valence-corrected chi connectivity index (χ2v) is 9.76. The third-order valence-electron chi connectivity index (χ3n) is 7.56. The summed E-state index contributed by atoms with van der Waals surface area (Å²) in [6.07, 6.45) is 11.3. The highest BCUT2D eigenvalue weighted by atomic mass is 19.1. The molecule has 4 aliphatic rings. The zero-order valence-electron chi connectivity index (χ0n) is 19.1. The van der Waals surface area contributed by atoms with E-state index in [0.29, 0.717) is 17.5 Å². The third-order valence-corrected chi connectivity index (χ3v) is 7.56. The molecule has 1 atom stereocenters. The minimum Gasteiger partial charge on any atom is -0.464 e. The van der Waals surface area contributed by atoms with Crippen LogP contribution in [0.25, 0.3) is 11.3 Å². The number of carbonyl (C=O) groups excluding carboxylic acids is 1. The minimum absolute atomic E-state index is 0.0955. The van der Waals surface area contributed by atoms with E-state index in [4.69, 9.17) is 4.42 Å². The molecule has 2 aliphatic heterocycles. The van der Waals surface area contributed by atoms with Crippen LogP contribution in [0.2, 0.25) is 0 Å². The monoisotopic (exact) mass is 448 g/mol. The molecule has 2 heterocycles. The highest BCUT2D eigenvalue weighted by Gasteiger charge is 2.28. The van der Waals surface area contributed by atoms with Gasteiger partial charge in [-0.3, -0.25) is 9.69 Å². The molecule has 1 aromatic rings. The zero-order valence-corrected chi connectivity index (χ0v) is 19.1. The molecular weight excluding hydrogens is 415 g/mol. The Kier molecular flexibility index (Phi) is 6.77. The number of nitrogens with one attached hydrogen (secondary N) is 1. The maximum absolute atomic E-state index is 13.1. The van der Waals surface area contributed by atoms with Gasteiger partial charge < -0.3 is 9.73 Å². The summed E-state index contributed by atoms with van der Waals surface area (Å²) in [5.74, 6) is 1.27. The molecule has 1 amide bonds. The van der Waals surface area contributed by atoms with Crippen LogP contribution in [0.15, 0.2) is 59.2 Å². The summed E-state index contributed by atoms with van der Waals surface area (Å²) in [6.45, 7) is 2.29. The number of carbonyl (C=O) groups is 1. The fourth-order valence-electron chi connectivity index (χ4n) is 5.61. The number of amides is 1. The van der Waals surface area contributed by atoms with E-state index in [0.717, 1.165) is 44.5 Å². The number of fused-ring (bicyclic) bond motifs is 1. The Hall–Kier alpha value is -2.66. The molecule has 0 aromatic heterocycles. The van der Waals surface area contributed by atoms with Crippen molar-refractivity contribution in [1.82, 2.24) is 10.2 Å². The molecule has 1 unspecified atom stereocenters. The van der Waals surface area contributed by atoms with Crippen molar-refractivity contribution in [3.05, 3.63) is 71.7 Å². The fraction of sp³-hybridized carbons (Fsp3) is 0.464. The lowest BCUT2D eigenvalue weighted by molar-refractivity contribution is 0.0915. The van der Waals surface area contributed by atoms with Gasteiger partial charge in [0.25, 0.3) is 5.91 Å². The summed E-state index contributed by atoms with van der Waals surface area (Å²) in [6, 6.07) is 15.0. The van der Waals surface area contributed by atoms with E-state index in [1.54, 1.807) is 12.1 Å². The number of hydrogen-bond donors (Lipinski definition) is 1. The van der Waals surface area contributed by atoms with Crippen molar-refractivity contribution in [3.63, 3.8) is 0 Å². The number of likely N-dealkylation sites (tertiary alicyclic amines) is 1. The van der Waals surface area contributed by atoms with Crippen LogP contribution in [0.4, 0.5) is 4.39 Å². The quantitative estimate of drug-likeness (QED) is 0.473. The molecule has 1 saturated carbocycles. The standard InChI is InChI=1S/C28H33FN2O2/c29-24-11-9-21(10-12-24)28(32)30-25-13-7-20(8-14-25)15-17-31-16-2-1-5-26(31)23-18-22-4-3-6-27(22)33-19-23/h3-4,6,9-12,18-20,25-26H,1-2,5,7-8,13-17H2,(H,30,32). The molecule has 0 bridgehead atoms. The van der Waals surface area contributed by atoms with Gasteiger partial charge >= 0.3 is 0 Å². The highest BCUT2D eigenvalue weighted by molar-refractivity contribution is 5.94. The van der Waals surface area contributed by atoms with E-state index in [1.165, 1.54) is 48.9 Å². The Morgan fingerprint density at radius 3 is 2.67 bits per heavy atom. The van der Waals surface area contributed by atoms with Crippen molar-refractivity contribution >= 4 is 5.91 Å². The van der Waals surface area contributed by atoms with Crippen molar-refractivity contribution in [2.45, 2.75) is 63.5 Å². The normalized spacial score (nSPS) is 24.1. The molecule has 2 aliphatic carbocycles. The van der Waals surface area contributed by atoms with Gasteiger partial charge in [-0.2, -0.15) is 0 Å². The molecule has 0 radical (unpaired) electrons. The first-order valence-corrected chi connectivity index (χ1v) is 12.4. The van der Waals surface area contributed by atoms with E-state index >= 15 is 0 Å². The first kappa shape index (κ1) is 22.1. The fourth-order valence-corrected chi connectivity index (χ4v) is 5.61. The zero-order chi connectivity index (χ0) is 22.6. The molecule has 0 spiro atoms. The van der Waals surface area contributed by atoms with E-state index in [-0.39, 0.29) is 17.8 Å². The van der Waals surface area contributed by atoms with Crippen LogP contribution in [0.1, 0.15) is 73.3 Å². The van der Waals surface area contributed by atoms with Crippen molar-refractivity contribution in [2.75, 3.05) is 13.1 Å². The van der Waals surface area contributed by atoms with E-state index in [9.17, 15) is 9.18 Å². The minimum atomic E-state index is -0.316. The Labute approximate surface area is 195 Å². The average Bonchev–Trinajstić information content (AvgIpc) is 3.32. The van der Waals surface area contributed by atoms with Gasteiger partial charge in [0.15, 0.2) is 0 Å². The highest BCUT2D eigenvalue weighted by Crippen LogP contribution is 2.36. The predicted octanol–water partition coefficient (Wildman–Crippen LogP) is 6.43. The summed E-state index contributed by atoms with van der Waals surface area (Å²) in [5, 5.41) is 3.14. The van der Waals surface area contributed by atoms with Crippen LogP contribution >= 0.6 is 0 Å². The van der Waals surface area contributed by atoms with Gasteiger partial charge in [-0.05, 0) is 100 Å². The molecule has 33 heavy (non-hydrogen) atoms.